The van der Waals surface area contributed by atoms with Crippen molar-refractivity contribution in [3.8, 4) is 0 Å². The Kier molecular flexibility index (Phi) is 4.25. The van der Waals surface area contributed by atoms with Crippen LogP contribution < -0.4 is 5.32 Å². The van der Waals surface area contributed by atoms with E-state index in [-0.39, 0.29) is 0 Å². The van der Waals surface area contributed by atoms with Crippen LogP contribution in [-0.4, -0.2) is 12.6 Å². The quantitative estimate of drug-likeness (QED) is 0.839. The fraction of sp³-hybridized carbons (Fsp3) is 0.571. The van der Waals surface area contributed by atoms with Gasteiger partial charge >= 0.3 is 0 Å². The summed E-state index contributed by atoms with van der Waals surface area (Å²) in [6.45, 7) is 3.48. The average molecular weight is 238 g/mol. The summed E-state index contributed by atoms with van der Waals surface area (Å²) in [6, 6.07) is 8.95. The number of hydrogen-bond donors (Lipinski definition) is 1. The summed E-state index contributed by atoms with van der Waals surface area (Å²) in [5, 5.41) is 4.45. The minimum atomic E-state index is 0.592. The third-order valence-corrected chi connectivity index (χ3v) is 3.70. The van der Waals surface area contributed by atoms with Crippen molar-refractivity contribution >= 4 is 11.6 Å². The Morgan fingerprint density at radius 3 is 3.00 bits per heavy atom. The molecule has 1 heterocycles. The molecule has 1 aromatic rings. The number of hydrogen-bond acceptors (Lipinski definition) is 1. The number of rotatable bonds is 3. The van der Waals surface area contributed by atoms with Crippen molar-refractivity contribution in [1.82, 2.24) is 5.32 Å². The van der Waals surface area contributed by atoms with Gasteiger partial charge in [0.05, 0.1) is 0 Å². The van der Waals surface area contributed by atoms with E-state index in [0.29, 0.717) is 12.0 Å². The second kappa shape index (κ2) is 5.70. The number of piperidine rings is 1. The molecule has 0 aromatic heterocycles. The molecule has 2 heteroatoms. The predicted molar refractivity (Wildman–Crippen MR) is 70.1 cm³/mol. The first-order chi connectivity index (χ1) is 7.75. The molecule has 1 aliphatic rings. The second-order valence-electron chi connectivity index (χ2n) is 4.84. The van der Waals surface area contributed by atoms with E-state index < -0.39 is 0 Å². The van der Waals surface area contributed by atoms with Gasteiger partial charge in [-0.15, -0.1) is 0 Å². The van der Waals surface area contributed by atoms with Crippen LogP contribution in [0.5, 0.6) is 0 Å². The summed E-state index contributed by atoms with van der Waals surface area (Å²) < 4.78 is 0. The molecule has 1 fully saturated rings. The number of nitrogens with one attached hydrogen (secondary N) is 1. The maximum Gasteiger partial charge on any atom is 0.0408 e. The van der Waals surface area contributed by atoms with Gasteiger partial charge in [0.1, 0.15) is 0 Å². The molecule has 88 valence electrons. The number of halogens is 1. The van der Waals surface area contributed by atoms with Crippen molar-refractivity contribution in [3.63, 3.8) is 0 Å². The van der Waals surface area contributed by atoms with Crippen LogP contribution in [0.4, 0.5) is 0 Å². The van der Waals surface area contributed by atoms with Crippen molar-refractivity contribution in [3.05, 3.63) is 34.9 Å². The van der Waals surface area contributed by atoms with Crippen LogP contribution in [-0.2, 0) is 0 Å². The van der Waals surface area contributed by atoms with Gasteiger partial charge in [0.2, 0.25) is 0 Å². The molecule has 16 heavy (non-hydrogen) atoms. The van der Waals surface area contributed by atoms with E-state index in [0.717, 1.165) is 5.02 Å². The Morgan fingerprint density at radius 1 is 1.44 bits per heavy atom. The van der Waals surface area contributed by atoms with Crippen LogP contribution in [0, 0.1) is 0 Å². The Bertz CT molecular complexity index is 331. The molecule has 0 spiro atoms. The smallest absolute Gasteiger partial charge is 0.0408 e. The zero-order chi connectivity index (χ0) is 11.4. The van der Waals surface area contributed by atoms with Gasteiger partial charge in [-0.3, -0.25) is 0 Å². The molecule has 0 saturated carbocycles. The van der Waals surface area contributed by atoms with E-state index in [4.69, 9.17) is 11.6 Å². The average Bonchev–Trinajstić information content (AvgIpc) is 2.30. The topological polar surface area (TPSA) is 12.0 Å². The van der Waals surface area contributed by atoms with E-state index in [1.807, 2.05) is 12.1 Å². The largest absolute Gasteiger partial charge is 0.314 e. The summed E-state index contributed by atoms with van der Waals surface area (Å²) in [5.41, 5.74) is 1.36. The summed E-state index contributed by atoms with van der Waals surface area (Å²) >= 11 is 6.02. The van der Waals surface area contributed by atoms with Crippen molar-refractivity contribution in [2.75, 3.05) is 6.54 Å². The summed E-state index contributed by atoms with van der Waals surface area (Å²) in [4.78, 5) is 0. The number of benzene rings is 1. The van der Waals surface area contributed by atoms with E-state index in [1.165, 1.54) is 37.8 Å². The Balaban J connectivity index is 1.94. The molecule has 0 amide bonds. The van der Waals surface area contributed by atoms with E-state index in [1.54, 1.807) is 0 Å². The van der Waals surface area contributed by atoms with Gasteiger partial charge in [-0.05, 0) is 49.4 Å². The molecule has 1 N–H and O–H groups in total. The van der Waals surface area contributed by atoms with Crippen molar-refractivity contribution in [2.45, 2.75) is 44.6 Å². The highest BCUT2D eigenvalue weighted by Crippen LogP contribution is 2.25. The lowest BCUT2D eigenvalue weighted by molar-refractivity contribution is 0.366. The van der Waals surface area contributed by atoms with Crippen LogP contribution in [0.1, 0.15) is 44.1 Å². The van der Waals surface area contributed by atoms with E-state index in [9.17, 15) is 0 Å². The molecule has 1 aromatic carbocycles. The van der Waals surface area contributed by atoms with Crippen LogP contribution >= 0.6 is 11.6 Å². The van der Waals surface area contributed by atoms with Crippen LogP contribution in [0.3, 0.4) is 0 Å². The third-order valence-electron chi connectivity index (χ3n) is 3.47. The summed E-state index contributed by atoms with van der Waals surface area (Å²) in [6.07, 6.45) is 5.26. The first-order valence-electron chi connectivity index (χ1n) is 6.24. The second-order valence-corrected chi connectivity index (χ2v) is 5.28. The van der Waals surface area contributed by atoms with Gasteiger partial charge < -0.3 is 5.32 Å². The van der Waals surface area contributed by atoms with Crippen LogP contribution in [0.2, 0.25) is 5.02 Å². The van der Waals surface area contributed by atoms with Gasteiger partial charge in [-0.1, -0.05) is 37.1 Å². The highest BCUT2D eigenvalue weighted by molar-refractivity contribution is 6.30. The fourth-order valence-corrected chi connectivity index (χ4v) is 2.70. The normalized spacial score (nSPS) is 23.0. The minimum absolute atomic E-state index is 0.592. The molecule has 1 saturated heterocycles. The molecular weight excluding hydrogens is 218 g/mol. The predicted octanol–water partition coefficient (Wildman–Crippen LogP) is 3.98. The molecule has 1 nitrogen and oxygen atoms in total. The molecular formula is C14H20ClN. The third kappa shape index (κ3) is 3.23. The van der Waals surface area contributed by atoms with Crippen LogP contribution in [0.15, 0.2) is 24.3 Å². The zero-order valence-electron chi connectivity index (χ0n) is 9.88. The summed E-state index contributed by atoms with van der Waals surface area (Å²) in [5.74, 6) is 0.592. The fourth-order valence-electron chi connectivity index (χ4n) is 2.50. The lowest BCUT2D eigenvalue weighted by Crippen LogP contribution is -2.34. The Morgan fingerprint density at radius 2 is 2.31 bits per heavy atom. The minimum Gasteiger partial charge on any atom is -0.314 e. The van der Waals surface area contributed by atoms with E-state index >= 15 is 0 Å². The first-order valence-corrected chi connectivity index (χ1v) is 6.62. The molecule has 1 aliphatic heterocycles. The molecule has 2 rings (SSSR count). The van der Waals surface area contributed by atoms with Gasteiger partial charge in [0, 0.05) is 11.1 Å². The Hall–Kier alpha value is -0.530. The molecule has 2 atom stereocenters. The van der Waals surface area contributed by atoms with Crippen molar-refractivity contribution in [2.24, 2.45) is 0 Å². The SMILES string of the molecule is CC(CC1CCCCN1)c1cccc(Cl)c1. The van der Waals surface area contributed by atoms with Crippen molar-refractivity contribution in [1.29, 1.82) is 0 Å². The highest BCUT2D eigenvalue weighted by atomic mass is 35.5. The maximum atomic E-state index is 6.02. The van der Waals surface area contributed by atoms with Crippen molar-refractivity contribution < 1.29 is 0 Å². The van der Waals surface area contributed by atoms with Gasteiger partial charge in [0.25, 0.3) is 0 Å². The lowest BCUT2D eigenvalue weighted by atomic mass is 9.90. The standard InChI is InChI=1S/C14H20ClN/c1-11(9-14-7-2-3-8-16-14)12-5-4-6-13(15)10-12/h4-6,10-11,14,16H,2-3,7-9H2,1H3. The molecule has 0 bridgehead atoms. The molecule has 0 aliphatic carbocycles. The lowest BCUT2D eigenvalue weighted by Gasteiger charge is -2.26. The van der Waals surface area contributed by atoms with Gasteiger partial charge in [-0.2, -0.15) is 0 Å². The van der Waals surface area contributed by atoms with Gasteiger partial charge in [0.15, 0.2) is 0 Å². The molecule has 0 radical (unpaired) electrons. The van der Waals surface area contributed by atoms with E-state index in [2.05, 4.69) is 24.4 Å². The highest BCUT2D eigenvalue weighted by Gasteiger charge is 2.16. The zero-order valence-corrected chi connectivity index (χ0v) is 10.6. The monoisotopic (exact) mass is 237 g/mol. The van der Waals surface area contributed by atoms with Crippen LogP contribution in [0.25, 0.3) is 0 Å². The first kappa shape index (κ1) is 11.9. The Labute approximate surface area is 103 Å². The van der Waals surface area contributed by atoms with Gasteiger partial charge in [-0.25, -0.2) is 0 Å². The summed E-state index contributed by atoms with van der Waals surface area (Å²) in [7, 11) is 0. The molecule has 2 unspecified atom stereocenters. The maximum absolute atomic E-state index is 6.02.